The first-order valence-corrected chi connectivity index (χ1v) is 9.48. The monoisotopic (exact) mass is 409 g/mol. The Hall–Kier alpha value is -3.32. The van der Waals surface area contributed by atoms with Crippen molar-refractivity contribution in [3.63, 3.8) is 0 Å². The minimum atomic E-state index is -0.446. The molecular weight excluding hydrogens is 390 g/mol. The average Bonchev–Trinajstić information content (AvgIpc) is 2.72. The lowest BCUT2D eigenvalue weighted by Gasteiger charge is -2.31. The first kappa shape index (κ1) is 19.0. The molecule has 0 aliphatic carbocycles. The number of aryl methyl sites for hydroxylation is 1. The fourth-order valence-electron chi connectivity index (χ4n) is 3.14. The van der Waals surface area contributed by atoms with E-state index in [4.69, 9.17) is 16.3 Å². The van der Waals surface area contributed by atoms with Gasteiger partial charge in [-0.05, 0) is 42.3 Å². The molecule has 0 saturated heterocycles. The van der Waals surface area contributed by atoms with Gasteiger partial charge >= 0.3 is 0 Å². The van der Waals surface area contributed by atoms with Crippen LogP contribution in [0.25, 0.3) is 0 Å². The summed E-state index contributed by atoms with van der Waals surface area (Å²) < 4.78 is 6.76. The van der Waals surface area contributed by atoms with Gasteiger partial charge in [0, 0.05) is 16.8 Å². The van der Waals surface area contributed by atoms with Crippen LogP contribution in [0.3, 0.4) is 0 Å². The Bertz CT molecular complexity index is 1110. The number of benzene rings is 2. The zero-order chi connectivity index (χ0) is 20.4. The summed E-state index contributed by atoms with van der Waals surface area (Å²) in [4.78, 5) is 21.8. The van der Waals surface area contributed by atoms with E-state index in [0.717, 1.165) is 16.9 Å². The number of halogens is 1. The van der Waals surface area contributed by atoms with Gasteiger partial charge in [0.05, 0.1) is 13.7 Å². The third-order valence-corrected chi connectivity index (χ3v) is 4.86. The van der Waals surface area contributed by atoms with Crippen LogP contribution in [0.5, 0.6) is 5.75 Å². The zero-order valence-corrected chi connectivity index (χ0v) is 16.8. The molecule has 0 fully saturated rings. The molecular formula is C21H20ClN5O2. The van der Waals surface area contributed by atoms with E-state index in [1.165, 1.54) is 6.07 Å². The number of aromatic nitrogens is 2. The van der Waals surface area contributed by atoms with E-state index in [1.54, 1.807) is 30.7 Å². The number of nitrogens with one attached hydrogen (secondary N) is 2. The quantitative estimate of drug-likeness (QED) is 0.690. The van der Waals surface area contributed by atoms with Gasteiger partial charge in [-0.25, -0.2) is 9.98 Å². The molecule has 0 amide bonds. The molecule has 0 bridgehead atoms. The minimum absolute atomic E-state index is 0.151. The Morgan fingerprint density at radius 1 is 1.17 bits per heavy atom. The van der Waals surface area contributed by atoms with Crippen LogP contribution >= 0.6 is 11.6 Å². The predicted octanol–water partition coefficient (Wildman–Crippen LogP) is 3.33. The second-order valence-electron chi connectivity index (χ2n) is 6.67. The normalized spacial score (nSPS) is 16.7. The molecule has 0 spiro atoms. The van der Waals surface area contributed by atoms with Gasteiger partial charge in [0.1, 0.15) is 11.9 Å². The highest BCUT2D eigenvalue weighted by Gasteiger charge is 2.26. The third-order valence-electron chi connectivity index (χ3n) is 4.61. The number of hydrogen-bond donors (Lipinski definition) is 2. The van der Waals surface area contributed by atoms with Gasteiger partial charge in [0.15, 0.2) is 5.96 Å². The Labute approximate surface area is 173 Å². The molecule has 0 unspecified atom stereocenters. The number of ether oxygens (including phenoxy) is 1. The minimum Gasteiger partial charge on any atom is -0.497 e. The number of rotatable bonds is 4. The van der Waals surface area contributed by atoms with Crippen molar-refractivity contribution in [3.8, 4) is 5.75 Å². The van der Waals surface area contributed by atoms with Gasteiger partial charge in [0.25, 0.3) is 5.56 Å². The maximum Gasteiger partial charge on any atom is 0.257 e. The van der Waals surface area contributed by atoms with Crippen LogP contribution in [0.4, 0.5) is 5.95 Å². The molecule has 29 heavy (non-hydrogen) atoms. The molecule has 1 aromatic heterocycles. The molecule has 4 rings (SSSR count). The Kier molecular flexibility index (Phi) is 5.22. The summed E-state index contributed by atoms with van der Waals surface area (Å²) in [5.74, 6) is 1.78. The number of methoxy groups -OCH3 is 1. The van der Waals surface area contributed by atoms with E-state index >= 15 is 0 Å². The molecule has 1 aliphatic rings. The molecule has 2 aromatic carbocycles. The summed E-state index contributed by atoms with van der Waals surface area (Å²) in [6.45, 7) is 2.25. The number of nitrogens with zero attached hydrogens (tertiary/aromatic N) is 3. The lowest BCUT2D eigenvalue weighted by atomic mass is 10.1. The highest BCUT2D eigenvalue weighted by Crippen LogP contribution is 2.23. The van der Waals surface area contributed by atoms with Gasteiger partial charge in [-0.1, -0.05) is 35.9 Å². The zero-order valence-electron chi connectivity index (χ0n) is 16.0. The molecule has 2 N–H and O–H groups in total. The van der Waals surface area contributed by atoms with Crippen LogP contribution in [-0.2, 0) is 6.54 Å². The van der Waals surface area contributed by atoms with Crippen LogP contribution in [0.2, 0.25) is 5.02 Å². The molecule has 2 heterocycles. The highest BCUT2D eigenvalue weighted by molar-refractivity contribution is 6.30. The van der Waals surface area contributed by atoms with Crippen molar-refractivity contribution in [1.29, 1.82) is 0 Å². The molecule has 3 aromatic rings. The highest BCUT2D eigenvalue weighted by atomic mass is 35.5. The van der Waals surface area contributed by atoms with Crippen molar-refractivity contribution in [2.75, 3.05) is 12.4 Å². The number of aliphatic imine (C=N–C) groups is 1. The number of hydrogen-bond acceptors (Lipinski definition) is 4. The van der Waals surface area contributed by atoms with Crippen molar-refractivity contribution < 1.29 is 4.74 Å². The molecule has 0 saturated carbocycles. The molecule has 7 nitrogen and oxygen atoms in total. The van der Waals surface area contributed by atoms with Crippen molar-refractivity contribution >= 4 is 23.5 Å². The summed E-state index contributed by atoms with van der Waals surface area (Å²) >= 11 is 6.02. The Morgan fingerprint density at radius 2 is 1.90 bits per heavy atom. The second kappa shape index (κ2) is 7.97. The van der Waals surface area contributed by atoms with Crippen LogP contribution in [-0.4, -0.2) is 22.6 Å². The van der Waals surface area contributed by atoms with Gasteiger partial charge in [0.2, 0.25) is 5.95 Å². The van der Waals surface area contributed by atoms with Crippen molar-refractivity contribution in [2.24, 2.45) is 4.99 Å². The number of anilines is 1. The van der Waals surface area contributed by atoms with Crippen LogP contribution in [0.1, 0.15) is 23.0 Å². The van der Waals surface area contributed by atoms with Crippen LogP contribution < -0.4 is 20.9 Å². The largest absolute Gasteiger partial charge is 0.497 e. The predicted molar refractivity (Wildman–Crippen MR) is 114 cm³/mol. The van der Waals surface area contributed by atoms with Crippen molar-refractivity contribution in [3.05, 3.63) is 86.8 Å². The summed E-state index contributed by atoms with van der Waals surface area (Å²) in [7, 11) is 1.64. The average molecular weight is 410 g/mol. The SMILES string of the molecule is COc1ccc(CN=C2Nc3nc(C)cc(=O)n3[C@H](c3ccc(Cl)cc3)N2)cc1. The third kappa shape index (κ3) is 4.09. The van der Waals surface area contributed by atoms with E-state index in [9.17, 15) is 4.79 Å². The lowest BCUT2D eigenvalue weighted by molar-refractivity contribution is 0.414. The molecule has 8 heteroatoms. The smallest absolute Gasteiger partial charge is 0.257 e. The van der Waals surface area contributed by atoms with Crippen molar-refractivity contribution in [1.82, 2.24) is 14.9 Å². The molecule has 1 aliphatic heterocycles. The van der Waals surface area contributed by atoms with E-state index in [-0.39, 0.29) is 5.56 Å². The fraction of sp³-hybridized carbons (Fsp3) is 0.190. The maximum absolute atomic E-state index is 12.6. The summed E-state index contributed by atoms with van der Waals surface area (Å²) in [5.41, 5.74) is 2.40. The topological polar surface area (TPSA) is 80.5 Å². The molecule has 0 radical (unpaired) electrons. The summed E-state index contributed by atoms with van der Waals surface area (Å²) in [5, 5.41) is 7.05. The first-order chi connectivity index (χ1) is 14.0. The fourth-order valence-corrected chi connectivity index (χ4v) is 3.27. The summed E-state index contributed by atoms with van der Waals surface area (Å²) in [6.07, 6.45) is -0.446. The van der Waals surface area contributed by atoms with Gasteiger partial charge in [-0.2, -0.15) is 0 Å². The standard InChI is InChI=1S/C21H20ClN5O2/c1-13-11-18(28)27-19(15-5-7-16(22)8-6-15)25-20(26-21(27)24-13)23-12-14-3-9-17(29-2)10-4-14/h3-11,19H,12H2,1-2H3,(H2,23,24,25,26)/t19-/m1/s1. The van der Waals surface area contributed by atoms with Crippen LogP contribution in [0.15, 0.2) is 64.4 Å². The van der Waals surface area contributed by atoms with Gasteiger partial charge in [-0.3, -0.25) is 14.7 Å². The maximum atomic E-state index is 12.6. The lowest BCUT2D eigenvalue weighted by Crippen LogP contribution is -2.48. The Balaban J connectivity index is 1.68. The van der Waals surface area contributed by atoms with Crippen LogP contribution in [0, 0.1) is 6.92 Å². The number of guanidine groups is 1. The van der Waals surface area contributed by atoms with E-state index in [1.807, 2.05) is 36.4 Å². The summed E-state index contributed by atoms with van der Waals surface area (Å²) in [6, 6.07) is 16.6. The van der Waals surface area contributed by atoms with Crippen molar-refractivity contribution in [2.45, 2.75) is 19.6 Å². The second-order valence-corrected chi connectivity index (χ2v) is 7.10. The van der Waals surface area contributed by atoms with E-state index < -0.39 is 6.17 Å². The number of fused-ring (bicyclic) bond motifs is 1. The van der Waals surface area contributed by atoms with Gasteiger partial charge in [-0.15, -0.1) is 0 Å². The first-order valence-electron chi connectivity index (χ1n) is 9.10. The van der Waals surface area contributed by atoms with E-state index in [0.29, 0.717) is 29.2 Å². The van der Waals surface area contributed by atoms with E-state index in [2.05, 4.69) is 20.6 Å². The Morgan fingerprint density at radius 3 is 2.59 bits per heavy atom. The molecule has 148 valence electrons. The van der Waals surface area contributed by atoms with Gasteiger partial charge < -0.3 is 10.1 Å². The molecule has 1 atom stereocenters.